The molecular weight excluding hydrogens is 540 g/mol. The van der Waals surface area contributed by atoms with Gasteiger partial charge in [-0.1, -0.05) is 54.6 Å². The summed E-state index contributed by atoms with van der Waals surface area (Å²) in [5.41, 5.74) is 12.2. The van der Waals surface area contributed by atoms with Crippen molar-refractivity contribution in [2.45, 2.75) is 25.9 Å². The highest BCUT2D eigenvalue weighted by molar-refractivity contribution is 5.87. The molecule has 0 unspecified atom stereocenters. The number of hydrogen-bond donors (Lipinski definition) is 0. The van der Waals surface area contributed by atoms with Gasteiger partial charge in [-0.2, -0.15) is 9.13 Å². The van der Waals surface area contributed by atoms with E-state index in [9.17, 15) is 0 Å². The minimum Gasteiger partial charge on any atom is -0.457 e. The fraction of sp³-hybridized carbons (Fsp3) is 0.100. The monoisotopic (exact) mass is 570 g/mol. The van der Waals surface area contributed by atoms with Gasteiger partial charge in [0.1, 0.15) is 22.7 Å². The van der Waals surface area contributed by atoms with Crippen LogP contribution >= 0.6 is 0 Å². The van der Waals surface area contributed by atoms with Gasteiger partial charge >= 0.3 is 0 Å². The van der Waals surface area contributed by atoms with E-state index in [2.05, 4.69) is 106 Å². The molecule has 0 saturated heterocycles. The third-order valence-corrected chi connectivity index (χ3v) is 9.03. The van der Waals surface area contributed by atoms with Crippen LogP contribution in [-0.4, -0.2) is 0 Å². The fourth-order valence-corrected chi connectivity index (χ4v) is 6.93. The Kier molecular flexibility index (Phi) is 5.73. The average Bonchev–Trinajstić information content (AvgIpc) is 3.69. The van der Waals surface area contributed by atoms with Crippen molar-refractivity contribution in [1.82, 2.24) is 0 Å². The summed E-state index contributed by atoms with van der Waals surface area (Å²) >= 11 is 0. The Balaban J connectivity index is 1.22. The number of nitrogens with zero attached hydrogens (tertiary/aromatic N) is 2. The summed E-state index contributed by atoms with van der Waals surface area (Å²) in [5.74, 6) is 1.70. The molecule has 7 aromatic rings. The van der Waals surface area contributed by atoms with Gasteiger partial charge in [0.2, 0.25) is 17.1 Å². The lowest BCUT2D eigenvalue weighted by Gasteiger charge is -2.23. The van der Waals surface area contributed by atoms with E-state index in [1.807, 2.05) is 36.4 Å². The summed E-state index contributed by atoms with van der Waals surface area (Å²) in [7, 11) is 0. The number of para-hydroxylation sites is 2. The highest BCUT2D eigenvalue weighted by Gasteiger charge is 2.34. The first-order valence-corrected chi connectivity index (χ1v) is 15.3. The molecule has 2 aliphatic heterocycles. The minimum atomic E-state index is 0.846. The Morgan fingerprint density at radius 1 is 0.545 bits per heavy atom. The molecule has 9 rings (SSSR count). The van der Waals surface area contributed by atoms with Crippen LogP contribution in [0.15, 0.2) is 118 Å². The van der Waals surface area contributed by atoms with Crippen LogP contribution in [-0.2, 0) is 25.9 Å². The van der Waals surface area contributed by atoms with Crippen molar-refractivity contribution < 1.29 is 18.0 Å². The SMILES string of the molecule is C(=Cc1cc2ccccc2o1)c1cc(C=Cc2cc3ccccc3o2)[n+]2c(c1)-c1c(ccc3c1-c1cccc[n+]1CC3)CC2. The van der Waals surface area contributed by atoms with E-state index < -0.39 is 0 Å². The van der Waals surface area contributed by atoms with Crippen molar-refractivity contribution in [3.63, 3.8) is 0 Å². The standard InChI is InChI=1S/C40H30N2O2/c1-3-10-37-30(7-1)25-33(43-37)16-12-27-23-32(15-17-34-26-31-8-2-4-11-38(31)44-34)42-22-19-29-14-13-28-18-21-41-20-6-5-9-35(41)39(28)40(29)36(42)24-27/h1-17,20,23-26H,18-19,21-22H2/q+2. The van der Waals surface area contributed by atoms with E-state index in [0.29, 0.717) is 0 Å². The van der Waals surface area contributed by atoms with Crippen molar-refractivity contribution in [3.05, 3.63) is 143 Å². The highest BCUT2D eigenvalue weighted by Crippen LogP contribution is 2.40. The smallest absolute Gasteiger partial charge is 0.214 e. The summed E-state index contributed by atoms with van der Waals surface area (Å²) in [4.78, 5) is 0. The first kappa shape index (κ1) is 25.1. The van der Waals surface area contributed by atoms with Gasteiger partial charge < -0.3 is 8.83 Å². The summed E-state index contributed by atoms with van der Waals surface area (Å²) in [5, 5.41) is 2.22. The Hall–Kier alpha value is -5.48. The predicted octanol–water partition coefficient (Wildman–Crippen LogP) is 8.54. The number of fused-ring (bicyclic) bond motifs is 9. The maximum Gasteiger partial charge on any atom is 0.214 e. The van der Waals surface area contributed by atoms with E-state index in [4.69, 9.17) is 8.83 Å². The molecule has 2 aliphatic rings. The summed E-state index contributed by atoms with van der Waals surface area (Å²) < 4.78 is 17.1. The molecular formula is C40H30N2O2+2. The topological polar surface area (TPSA) is 34.0 Å². The van der Waals surface area contributed by atoms with Gasteiger partial charge in [0.15, 0.2) is 19.3 Å². The molecule has 0 bridgehead atoms. The van der Waals surface area contributed by atoms with Crippen LogP contribution in [0.25, 0.3) is 68.8 Å². The van der Waals surface area contributed by atoms with Crippen LogP contribution < -0.4 is 9.13 Å². The van der Waals surface area contributed by atoms with Crippen molar-refractivity contribution in [2.75, 3.05) is 0 Å². The lowest BCUT2D eigenvalue weighted by molar-refractivity contribution is -0.690. The number of hydrogen-bond acceptors (Lipinski definition) is 2. The zero-order chi connectivity index (χ0) is 29.0. The van der Waals surface area contributed by atoms with Gasteiger partial charge in [-0.25, -0.2) is 0 Å². The van der Waals surface area contributed by atoms with Crippen LogP contribution in [0.1, 0.15) is 33.9 Å². The number of aryl methyl sites for hydroxylation is 3. The second kappa shape index (κ2) is 10.1. The summed E-state index contributed by atoms with van der Waals surface area (Å²) in [6, 6.07) is 36.4. The molecule has 3 aromatic carbocycles. The van der Waals surface area contributed by atoms with Crippen molar-refractivity contribution in [3.8, 4) is 22.5 Å². The van der Waals surface area contributed by atoms with Crippen molar-refractivity contribution in [2.24, 2.45) is 0 Å². The van der Waals surface area contributed by atoms with E-state index in [-0.39, 0.29) is 0 Å². The molecule has 4 heteroatoms. The molecule has 0 atom stereocenters. The highest BCUT2D eigenvalue weighted by atomic mass is 16.3. The molecule has 0 spiro atoms. The molecule has 4 nitrogen and oxygen atoms in total. The first-order chi connectivity index (χ1) is 21.8. The normalized spacial score (nSPS) is 13.8. The average molecular weight is 571 g/mol. The Bertz CT molecular complexity index is 2230. The number of benzene rings is 3. The van der Waals surface area contributed by atoms with Gasteiger partial charge in [0.25, 0.3) is 0 Å². The molecule has 210 valence electrons. The maximum absolute atomic E-state index is 6.14. The number of pyridine rings is 2. The Labute approximate surface area is 255 Å². The predicted molar refractivity (Wildman–Crippen MR) is 175 cm³/mol. The van der Waals surface area contributed by atoms with Gasteiger partial charge in [0, 0.05) is 54.0 Å². The van der Waals surface area contributed by atoms with Crippen molar-refractivity contribution in [1.29, 1.82) is 0 Å². The molecule has 0 fully saturated rings. The number of rotatable bonds is 4. The van der Waals surface area contributed by atoms with Gasteiger partial charge in [-0.15, -0.1) is 0 Å². The van der Waals surface area contributed by atoms with E-state index in [0.717, 1.165) is 70.6 Å². The first-order valence-electron chi connectivity index (χ1n) is 15.3. The third kappa shape index (κ3) is 4.22. The third-order valence-electron chi connectivity index (χ3n) is 9.03. The maximum atomic E-state index is 6.14. The Morgan fingerprint density at radius 3 is 1.91 bits per heavy atom. The second-order valence-corrected chi connectivity index (χ2v) is 11.7. The van der Waals surface area contributed by atoms with E-state index in [1.165, 1.54) is 33.6 Å². The molecule has 4 aromatic heterocycles. The van der Waals surface area contributed by atoms with Crippen LogP contribution in [0.2, 0.25) is 0 Å². The van der Waals surface area contributed by atoms with Crippen LogP contribution in [0, 0.1) is 0 Å². The molecule has 44 heavy (non-hydrogen) atoms. The molecule has 0 N–H and O–H groups in total. The lowest BCUT2D eigenvalue weighted by atomic mass is 9.84. The molecule has 0 aliphatic carbocycles. The van der Waals surface area contributed by atoms with Gasteiger partial charge in [0.05, 0.1) is 11.1 Å². The quantitative estimate of drug-likeness (QED) is 0.199. The van der Waals surface area contributed by atoms with Crippen LogP contribution in [0.5, 0.6) is 0 Å². The lowest BCUT2D eigenvalue weighted by Crippen LogP contribution is -2.44. The van der Waals surface area contributed by atoms with Gasteiger partial charge in [-0.3, -0.25) is 0 Å². The summed E-state index contributed by atoms with van der Waals surface area (Å²) in [6.45, 7) is 1.93. The van der Waals surface area contributed by atoms with E-state index >= 15 is 0 Å². The molecule has 0 saturated carbocycles. The fourth-order valence-electron chi connectivity index (χ4n) is 6.93. The largest absolute Gasteiger partial charge is 0.457 e. The number of aromatic nitrogens is 2. The molecule has 0 radical (unpaired) electrons. The minimum absolute atomic E-state index is 0.846. The van der Waals surface area contributed by atoms with E-state index in [1.54, 1.807) is 0 Å². The zero-order valence-electron chi connectivity index (χ0n) is 24.2. The molecule has 6 heterocycles. The summed E-state index contributed by atoms with van der Waals surface area (Å²) in [6.07, 6.45) is 12.8. The van der Waals surface area contributed by atoms with Gasteiger partial charge in [-0.05, 0) is 59.2 Å². The zero-order valence-corrected chi connectivity index (χ0v) is 24.2. The second-order valence-electron chi connectivity index (χ2n) is 11.7. The van der Waals surface area contributed by atoms with Crippen LogP contribution in [0.3, 0.4) is 0 Å². The molecule has 0 amide bonds. The Morgan fingerprint density at radius 2 is 1.18 bits per heavy atom. The number of furan rings is 2. The van der Waals surface area contributed by atoms with Crippen molar-refractivity contribution >= 4 is 46.2 Å². The van der Waals surface area contributed by atoms with Crippen LogP contribution in [0.4, 0.5) is 0 Å².